The molecule has 3 rings (SSSR count). The van der Waals surface area contributed by atoms with Crippen molar-refractivity contribution in [1.29, 1.82) is 0 Å². The van der Waals surface area contributed by atoms with Crippen molar-refractivity contribution >= 4 is 48.6 Å². The van der Waals surface area contributed by atoms with Crippen LogP contribution < -0.4 is 5.32 Å². The summed E-state index contributed by atoms with van der Waals surface area (Å²) in [5.41, 5.74) is 1.23. The Bertz CT molecular complexity index is 1060. The van der Waals surface area contributed by atoms with Crippen molar-refractivity contribution in [2.24, 2.45) is 0 Å². The highest BCUT2D eigenvalue weighted by Crippen LogP contribution is 2.22. The van der Waals surface area contributed by atoms with Crippen LogP contribution in [0.25, 0.3) is 10.9 Å². The van der Waals surface area contributed by atoms with Crippen molar-refractivity contribution in [3.8, 4) is 0 Å². The van der Waals surface area contributed by atoms with Crippen LogP contribution in [0.3, 0.4) is 0 Å². The second kappa shape index (κ2) is 6.10. The Labute approximate surface area is 142 Å². The van der Waals surface area contributed by atoms with E-state index in [0.717, 1.165) is 0 Å². The number of hydrogen-bond acceptors (Lipinski definition) is 4. The molecule has 0 spiro atoms. The Morgan fingerprint density at radius 2 is 1.88 bits per heavy atom. The molecule has 1 aromatic heterocycles. The topological polar surface area (TPSA) is 85.2 Å². The molecule has 0 aliphatic heterocycles. The number of carbonyl (C=O) groups is 2. The van der Waals surface area contributed by atoms with Crippen molar-refractivity contribution in [3.63, 3.8) is 0 Å². The van der Waals surface area contributed by atoms with Crippen LogP contribution in [0.1, 0.15) is 10.4 Å². The third kappa shape index (κ3) is 3.04. The minimum atomic E-state index is -3.89. The third-order valence-electron chi connectivity index (χ3n) is 3.46. The fourth-order valence-corrected chi connectivity index (χ4v) is 3.17. The standard InChI is InChI=1S/C16H11ClN2O4S/c17-24(22,23)13-5-3-4-12(8-13)18-16(21)19-9-11(10-20)14-6-1-2-7-15(14)19/h1-10H,(H,18,21). The van der Waals surface area contributed by atoms with Gasteiger partial charge in [-0.05, 0) is 24.3 Å². The molecule has 3 aromatic rings. The van der Waals surface area contributed by atoms with Gasteiger partial charge in [-0.15, -0.1) is 0 Å². The second-order valence-corrected chi connectivity index (χ2v) is 7.55. The molecule has 1 N–H and O–H groups in total. The van der Waals surface area contributed by atoms with E-state index in [1.807, 2.05) is 0 Å². The van der Waals surface area contributed by atoms with Gasteiger partial charge < -0.3 is 5.32 Å². The third-order valence-corrected chi connectivity index (χ3v) is 4.81. The van der Waals surface area contributed by atoms with Gasteiger partial charge in [0.15, 0.2) is 6.29 Å². The molecule has 0 aliphatic carbocycles. The summed E-state index contributed by atoms with van der Waals surface area (Å²) in [4.78, 5) is 23.5. The van der Waals surface area contributed by atoms with Crippen LogP contribution >= 0.6 is 10.7 Å². The number of anilines is 1. The van der Waals surface area contributed by atoms with Crippen molar-refractivity contribution in [3.05, 3.63) is 60.3 Å². The second-order valence-electron chi connectivity index (χ2n) is 4.99. The summed E-state index contributed by atoms with van der Waals surface area (Å²) < 4.78 is 24.0. The van der Waals surface area contributed by atoms with E-state index >= 15 is 0 Å². The Morgan fingerprint density at radius 1 is 1.12 bits per heavy atom. The average molecular weight is 363 g/mol. The summed E-state index contributed by atoms with van der Waals surface area (Å²) in [5, 5.41) is 3.24. The van der Waals surface area contributed by atoms with Crippen molar-refractivity contribution in [2.75, 3.05) is 5.32 Å². The maximum atomic E-state index is 12.5. The summed E-state index contributed by atoms with van der Waals surface area (Å²) in [6.07, 6.45) is 2.10. The highest BCUT2D eigenvalue weighted by molar-refractivity contribution is 8.13. The first-order chi connectivity index (χ1) is 11.4. The fraction of sp³-hybridized carbons (Fsp3) is 0. The lowest BCUT2D eigenvalue weighted by molar-refractivity contribution is 0.112. The molecule has 0 radical (unpaired) electrons. The number of hydrogen-bond donors (Lipinski definition) is 1. The van der Waals surface area contributed by atoms with Gasteiger partial charge in [-0.2, -0.15) is 0 Å². The number of amides is 1. The van der Waals surface area contributed by atoms with Gasteiger partial charge in [-0.25, -0.2) is 13.2 Å². The molecule has 0 bridgehead atoms. The summed E-state index contributed by atoms with van der Waals surface area (Å²) in [5.74, 6) is 0. The lowest BCUT2D eigenvalue weighted by atomic mass is 10.2. The molecule has 0 aliphatic rings. The molecule has 0 atom stereocenters. The number of halogens is 1. The number of nitrogens with zero attached hydrogens (tertiary/aromatic N) is 1. The van der Waals surface area contributed by atoms with E-state index in [1.54, 1.807) is 24.3 Å². The number of rotatable bonds is 3. The summed E-state index contributed by atoms with van der Waals surface area (Å²) in [7, 11) is 1.41. The molecule has 0 saturated heterocycles. The van der Waals surface area contributed by atoms with Gasteiger partial charge in [0, 0.05) is 33.5 Å². The Balaban J connectivity index is 1.98. The maximum Gasteiger partial charge on any atom is 0.330 e. The van der Waals surface area contributed by atoms with Crippen LogP contribution in [0.5, 0.6) is 0 Å². The Morgan fingerprint density at radius 3 is 2.58 bits per heavy atom. The number of aldehydes is 1. The summed E-state index contributed by atoms with van der Waals surface area (Å²) in [6, 6.07) is 12.0. The van der Waals surface area contributed by atoms with Gasteiger partial charge >= 0.3 is 6.03 Å². The van der Waals surface area contributed by atoms with E-state index < -0.39 is 15.1 Å². The number of fused-ring (bicyclic) bond motifs is 1. The van der Waals surface area contributed by atoms with Crippen LogP contribution in [0, 0.1) is 0 Å². The minimum Gasteiger partial charge on any atom is -0.307 e. The Hall–Kier alpha value is -2.64. The summed E-state index contributed by atoms with van der Waals surface area (Å²) >= 11 is 0. The normalized spacial score (nSPS) is 11.4. The molecule has 0 saturated carbocycles. The lowest BCUT2D eigenvalue weighted by Gasteiger charge is -2.08. The van der Waals surface area contributed by atoms with Gasteiger partial charge in [0.1, 0.15) is 0 Å². The molecule has 24 heavy (non-hydrogen) atoms. The van der Waals surface area contributed by atoms with E-state index in [0.29, 0.717) is 22.8 Å². The molecule has 1 heterocycles. The average Bonchev–Trinajstić information content (AvgIpc) is 2.93. The van der Waals surface area contributed by atoms with Gasteiger partial charge in [0.05, 0.1) is 10.4 Å². The van der Waals surface area contributed by atoms with Gasteiger partial charge in [0.2, 0.25) is 0 Å². The molecule has 2 aromatic carbocycles. The first-order valence-electron chi connectivity index (χ1n) is 6.81. The number of nitrogens with one attached hydrogen (secondary N) is 1. The van der Waals surface area contributed by atoms with Crippen LogP contribution in [0.2, 0.25) is 0 Å². The lowest BCUT2D eigenvalue weighted by Crippen LogP contribution is -2.18. The molecular weight excluding hydrogens is 352 g/mol. The molecule has 1 amide bonds. The number of benzene rings is 2. The van der Waals surface area contributed by atoms with Crippen molar-refractivity contribution < 1.29 is 18.0 Å². The predicted octanol–water partition coefficient (Wildman–Crippen LogP) is 3.46. The maximum absolute atomic E-state index is 12.5. The molecule has 0 unspecified atom stereocenters. The van der Waals surface area contributed by atoms with Crippen molar-refractivity contribution in [1.82, 2.24) is 4.57 Å². The zero-order chi connectivity index (χ0) is 17.3. The summed E-state index contributed by atoms with van der Waals surface area (Å²) in [6.45, 7) is 0. The van der Waals surface area contributed by atoms with Gasteiger partial charge in [0.25, 0.3) is 9.05 Å². The molecule has 122 valence electrons. The first-order valence-corrected chi connectivity index (χ1v) is 9.12. The minimum absolute atomic E-state index is 0.118. The van der Waals surface area contributed by atoms with Crippen molar-refractivity contribution in [2.45, 2.75) is 4.90 Å². The monoisotopic (exact) mass is 362 g/mol. The Kier molecular flexibility index (Phi) is 4.13. The zero-order valence-corrected chi connectivity index (χ0v) is 13.7. The van der Waals surface area contributed by atoms with Gasteiger partial charge in [-0.3, -0.25) is 9.36 Å². The number of para-hydroxylation sites is 1. The van der Waals surface area contributed by atoms with Crippen LogP contribution in [-0.2, 0) is 9.05 Å². The number of carbonyl (C=O) groups excluding carboxylic acids is 2. The van der Waals surface area contributed by atoms with Gasteiger partial charge in [-0.1, -0.05) is 24.3 Å². The number of aromatic nitrogens is 1. The van der Waals surface area contributed by atoms with Crippen LogP contribution in [0.4, 0.5) is 10.5 Å². The predicted molar refractivity (Wildman–Crippen MR) is 91.2 cm³/mol. The van der Waals surface area contributed by atoms with Crippen LogP contribution in [-0.4, -0.2) is 25.3 Å². The van der Waals surface area contributed by atoms with E-state index in [9.17, 15) is 18.0 Å². The quantitative estimate of drug-likeness (QED) is 0.571. The van der Waals surface area contributed by atoms with E-state index in [1.165, 1.54) is 35.0 Å². The fourth-order valence-electron chi connectivity index (χ4n) is 2.38. The SMILES string of the molecule is O=Cc1cn(C(=O)Nc2cccc(S(=O)(=O)Cl)c2)c2ccccc12. The highest BCUT2D eigenvalue weighted by Gasteiger charge is 2.15. The largest absolute Gasteiger partial charge is 0.330 e. The zero-order valence-electron chi connectivity index (χ0n) is 12.1. The van der Waals surface area contributed by atoms with E-state index in [4.69, 9.17) is 10.7 Å². The molecule has 8 heteroatoms. The smallest absolute Gasteiger partial charge is 0.307 e. The highest BCUT2D eigenvalue weighted by atomic mass is 35.7. The van der Waals surface area contributed by atoms with E-state index in [2.05, 4.69) is 5.32 Å². The van der Waals surface area contributed by atoms with Crippen LogP contribution in [0.15, 0.2) is 59.6 Å². The molecular formula is C16H11ClN2O4S. The molecule has 6 nitrogen and oxygen atoms in total. The molecule has 0 fully saturated rings. The van der Waals surface area contributed by atoms with E-state index in [-0.39, 0.29) is 10.6 Å². The first kappa shape index (κ1) is 16.2.